The highest BCUT2D eigenvalue weighted by atomic mass is 16.2. The van der Waals surface area contributed by atoms with Crippen LogP contribution >= 0.6 is 0 Å². The standard InChI is InChI=1S/C15H15N2O3/c1-2-10-16-15(20)17(11-12-18)14(19)9-8-13-6-4-3-5-7-13/h2-9H,1,10-11H2,(H,16,20). The van der Waals surface area contributed by atoms with E-state index in [1.54, 1.807) is 6.08 Å². The number of amides is 3. The number of carbonyl (C=O) groups is 2. The van der Waals surface area contributed by atoms with Crippen LogP contribution in [0.25, 0.3) is 6.08 Å². The van der Waals surface area contributed by atoms with Gasteiger partial charge in [-0.2, -0.15) is 0 Å². The Morgan fingerprint density at radius 3 is 2.60 bits per heavy atom. The molecule has 0 heterocycles. The Kier molecular flexibility index (Phi) is 6.47. The van der Waals surface area contributed by atoms with Gasteiger partial charge in [-0.25, -0.2) is 4.79 Å². The molecule has 5 nitrogen and oxygen atoms in total. The van der Waals surface area contributed by atoms with Gasteiger partial charge in [0.25, 0.3) is 5.91 Å². The third kappa shape index (κ3) is 4.89. The van der Waals surface area contributed by atoms with Crippen LogP contribution in [0.15, 0.2) is 49.1 Å². The predicted molar refractivity (Wildman–Crippen MR) is 76.5 cm³/mol. The number of nitrogens with zero attached hydrogens (tertiary/aromatic N) is 1. The Balaban J connectivity index is 2.73. The molecule has 1 radical (unpaired) electrons. The van der Waals surface area contributed by atoms with Crippen LogP contribution in [0.1, 0.15) is 5.56 Å². The van der Waals surface area contributed by atoms with Gasteiger partial charge in [0.2, 0.25) is 6.29 Å². The number of hydrogen-bond donors (Lipinski definition) is 1. The molecule has 0 aliphatic heterocycles. The van der Waals surface area contributed by atoms with Crippen LogP contribution in [0.3, 0.4) is 0 Å². The molecule has 0 fully saturated rings. The molecule has 1 N–H and O–H groups in total. The maximum atomic E-state index is 11.9. The molecule has 20 heavy (non-hydrogen) atoms. The zero-order valence-electron chi connectivity index (χ0n) is 10.9. The maximum absolute atomic E-state index is 11.9. The van der Waals surface area contributed by atoms with Crippen LogP contribution in [0.4, 0.5) is 4.79 Å². The molecule has 3 amide bonds. The highest BCUT2D eigenvalue weighted by Gasteiger charge is 2.18. The quantitative estimate of drug-likeness (QED) is 0.630. The molecule has 5 heteroatoms. The maximum Gasteiger partial charge on any atom is 0.325 e. The van der Waals surface area contributed by atoms with E-state index in [9.17, 15) is 14.4 Å². The minimum absolute atomic E-state index is 0.212. The molecule has 0 unspecified atom stereocenters. The summed E-state index contributed by atoms with van der Waals surface area (Å²) in [6.07, 6.45) is 5.82. The molecule has 0 aromatic heterocycles. The lowest BCUT2D eigenvalue weighted by Crippen LogP contribution is -2.44. The summed E-state index contributed by atoms with van der Waals surface area (Å²) in [6.45, 7) is 3.25. The lowest BCUT2D eigenvalue weighted by atomic mass is 10.2. The van der Waals surface area contributed by atoms with Gasteiger partial charge >= 0.3 is 6.03 Å². The minimum atomic E-state index is -0.657. The first-order chi connectivity index (χ1) is 9.69. The number of imide groups is 1. The van der Waals surface area contributed by atoms with E-state index in [1.165, 1.54) is 18.4 Å². The van der Waals surface area contributed by atoms with Crippen molar-refractivity contribution >= 4 is 24.3 Å². The second kappa shape index (κ2) is 8.42. The van der Waals surface area contributed by atoms with Gasteiger partial charge in [-0.3, -0.25) is 14.5 Å². The van der Waals surface area contributed by atoms with Crippen molar-refractivity contribution in [2.24, 2.45) is 0 Å². The van der Waals surface area contributed by atoms with E-state index in [0.717, 1.165) is 10.5 Å². The van der Waals surface area contributed by atoms with Crippen LogP contribution in [0.5, 0.6) is 0 Å². The predicted octanol–water partition coefficient (Wildman–Crippen LogP) is 1.53. The molecule has 0 atom stereocenters. The number of rotatable bonds is 6. The van der Waals surface area contributed by atoms with E-state index < -0.39 is 18.5 Å². The van der Waals surface area contributed by atoms with Crippen LogP contribution < -0.4 is 5.32 Å². The summed E-state index contributed by atoms with van der Waals surface area (Å²) in [5, 5.41) is 2.43. The molecule has 0 saturated heterocycles. The van der Waals surface area contributed by atoms with Crippen molar-refractivity contribution in [1.82, 2.24) is 10.2 Å². The zero-order valence-corrected chi connectivity index (χ0v) is 10.9. The Hall–Kier alpha value is -2.69. The Bertz CT molecular complexity index is 509. The van der Waals surface area contributed by atoms with Crippen LogP contribution in [-0.4, -0.2) is 36.2 Å². The summed E-state index contributed by atoms with van der Waals surface area (Å²) in [5.41, 5.74) is 0.822. The van der Waals surface area contributed by atoms with Crippen LogP contribution in [0, 0.1) is 0 Å². The van der Waals surface area contributed by atoms with Crippen molar-refractivity contribution in [1.29, 1.82) is 0 Å². The summed E-state index contributed by atoms with van der Waals surface area (Å²) < 4.78 is 0. The van der Waals surface area contributed by atoms with E-state index in [4.69, 9.17) is 0 Å². The molecule has 0 saturated carbocycles. The number of benzene rings is 1. The summed E-state index contributed by atoms with van der Waals surface area (Å²) in [5.74, 6) is -0.584. The third-order valence-corrected chi connectivity index (χ3v) is 2.35. The fraction of sp³-hybridized carbons (Fsp3) is 0.133. The van der Waals surface area contributed by atoms with Crippen LogP contribution in [-0.2, 0) is 9.59 Å². The van der Waals surface area contributed by atoms with Crippen molar-refractivity contribution in [3.8, 4) is 0 Å². The molecule has 1 aromatic rings. The molecule has 0 bridgehead atoms. The fourth-order valence-electron chi connectivity index (χ4n) is 1.39. The van der Waals surface area contributed by atoms with Gasteiger partial charge in [-0.15, -0.1) is 6.58 Å². The van der Waals surface area contributed by atoms with E-state index in [0.29, 0.717) is 0 Å². The van der Waals surface area contributed by atoms with E-state index in [2.05, 4.69) is 11.9 Å². The molecule has 103 valence electrons. The highest BCUT2D eigenvalue weighted by molar-refractivity contribution is 6.03. The summed E-state index contributed by atoms with van der Waals surface area (Å²) in [4.78, 5) is 34.8. The summed E-state index contributed by atoms with van der Waals surface area (Å²) in [7, 11) is 0. The van der Waals surface area contributed by atoms with Crippen molar-refractivity contribution in [3.63, 3.8) is 0 Å². The van der Waals surface area contributed by atoms with Gasteiger partial charge in [-0.05, 0) is 11.6 Å². The highest BCUT2D eigenvalue weighted by Crippen LogP contribution is 2.02. The molecule has 1 aromatic carbocycles. The second-order valence-electron chi connectivity index (χ2n) is 3.79. The van der Waals surface area contributed by atoms with Crippen molar-refractivity contribution in [3.05, 3.63) is 54.6 Å². The van der Waals surface area contributed by atoms with Crippen LogP contribution in [0.2, 0.25) is 0 Å². The summed E-state index contributed by atoms with van der Waals surface area (Å²) >= 11 is 0. The molecular formula is C15H15N2O3. The monoisotopic (exact) mass is 271 g/mol. The molecule has 1 rings (SSSR count). The van der Waals surface area contributed by atoms with E-state index in [-0.39, 0.29) is 6.54 Å². The largest absolute Gasteiger partial charge is 0.334 e. The SMILES string of the molecule is C=CCNC(=O)N(C[C]=O)C(=O)C=Cc1ccccc1. The Labute approximate surface area is 117 Å². The summed E-state index contributed by atoms with van der Waals surface area (Å²) in [6, 6.07) is 8.50. The lowest BCUT2D eigenvalue weighted by molar-refractivity contribution is -0.122. The Morgan fingerprint density at radius 1 is 1.30 bits per heavy atom. The molecular weight excluding hydrogens is 256 g/mol. The van der Waals surface area contributed by atoms with E-state index >= 15 is 0 Å². The van der Waals surface area contributed by atoms with Gasteiger partial charge in [0.15, 0.2) is 0 Å². The molecule has 0 aliphatic carbocycles. The van der Waals surface area contributed by atoms with E-state index in [1.807, 2.05) is 30.3 Å². The Morgan fingerprint density at radius 2 is 2.00 bits per heavy atom. The lowest BCUT2D eigenvalue weighted by Gasteiger charge is -2.16. The third-order valence-electron chi connectivity index (χ3n) is 2.35. The molecule has 0 aliphatic rings. The first kappa shape index (κ1) is 15.4. The van der Waals surface area contributed by atoms with Crippen molar-refractivity contribution in [2.45, 2.75) is 0 Å². The second-order valence-corrected chi connectivity index (χ2v) is 3.79. The zero-order chi connectivity index (χ0) is 14.8. The number of hydrogen-bond acceptors (Lipinski definition) is 3. The average molecular weight is 271 g/mol. The number of nitrogens with one attached hydrogen (secondary N) is 1. The first-order valence-corrected chi connectivity index (χ1v) is 5.97. The molecule has 0 spiro atoms. The van der Waals surface area contributed by atoms with Gasteiger partial charge in [0.05, 0.1) is 6.54 Å². The smallest absolute Gasteiger partial charge is 0.325 e. The van der Waals surface area contributed by atoms with Gasteiger partial charge in [0.1, 0.15) is 0 Å². The van der Waals surface area contributed by atoms with Gasteiger partial charge in [-0.1, -0.05) is 36.4 Å². The van der Waals surface area contributed by atoms with Gasteiger partial charge < -0.3 is 5.32 Å². The normalized spacial score (nSPS) is 10.0. The van der Waals surface area contributed by atoms with Crippen molar-refractivity contribution < 1.29 is 14.4 Å². The minimum Gasteiger partial charge on any atom is -0.334 e. The average Bonchev–Trinajstić information content (AvgIpc) is 2.49. The first-order valence-electron chi connectivity index (χ1n) is 5.97. The number of urea groups is 1. The van der Waals surface area contributed by atoms with Crippen molar-refractivity contribution in [2.75, 3.05) is 13.1 Å². The fourth-order valence-corrected chi connectivity index (χ4v) is 1.39. The topological polar surface area (TPSA) is 66.5 Å². The number of carbonyl (C=O) groups excluding carboxylic acids is 3. The van der Waals surface area contributed by atoms with Gasteiger partial charge in [0, 0.05) is 12.6 Å².